The van der Waals surface area contributed by atoms with Crippen molar-refractivity contribution in [2.45, 2.75) is 69.6 Å². The van der Waals surface area contributed by atoms with Gasteiger partial charge >= 0.3 is 0 Å². The van der Waals surface area contributed by atoms with E-state index in [1.807, 2.05) is 19.1 Å². The number of allylic oxidation sites excluding steroid dienone is 6. The van der Waals surface area contributed by atoms with Crippen molar-refractivity contribution in [2.75, 3.05) is 13.2 Å². The first-order chi connectivity index (χ1) is 20.1. The summed E-state index contributed by atoms with van der Waals surface area (Å²) < 4.78 is 36.3. The number of rotatable bonds is 5. The van der Waals surface area contributed by atoms with E-state index in [-0.39, 0.29) is 27.5 Å². The van der Waals surface area contributed by atoms with Gasteiger partial charge in [0.2, 0.25) is 5.78 Å². The minimum Gasteiger partial charge on any atom is -0.415 e. The van der Waals surface area contributed by atoms with Crippen LogP contribution < -0.4 is 5.32 Å². The van der Waals surface area contributed by atoms with Crippen LogP contribution in [-0.2, 0) is 25.7 Å². The molecule has 0 bridgehead atoms. The summed E-state index contributed by atoms with van der Waals surface area (Å²) in [4.78, 5) is 32.2. The second kappa shape index (κ2) is 10.2. The lowest BCUT2D eigenvalue weighted by atomic mass is 9.65. The largest absolute Gasteiger partial charge is 0.415 e. The van der Waals surface area contributed by atoms with Crippen LogP contribution in [0.15, 0.2) is 73.4 Å². The van der Waals surface area contributed by atoms with E-state index in [0.29, 0.717) is 52.1 Å². The van der Waals surface area contributed by atoms with Crippen molar-refractivity contribution in [3.8, 4) is 0 Å². The molecule has 6 rings (SSSR count). The zero-order chi connectivity index (χ0) is 31.1. The number of aliphatic imine (C=N–C) groups is 1. The summed E-state index contributed by atoms with van der Waals surface area (Å²) in [6.07, 6.45) is 8.11. The molecule has 0 fully saturated rings. The van der Waals surface area contributed by atoms with Gasteiger partial charge < -0.3 is 9.74 Å². The molecular weight excluding hydrogens is 693 g/mol. The second-order valence-corrected chi connectivity index (χ2v) is 21.2. The smallest absolute Gasteiger partial charge is 0.268 e. The van der Waals surface area contributed by atoms with E-state index in [1.54, 1.807) is 36.5 Å². The van der Waals surface area contributed by atoms with Gasteiger partial charge in [-0.25, -0.2) is 12.4 Å². The van der Waals surface area contributed by atoms with E-state index in [0.717, 1.165) is 15.1 Å². The number of hydrogen-bond donors (Lipinski definition) is 1. The molecule has 2 aliphatic carbocycles. The van der Waals surface area contributed by atoms with E-state index in [1.165, 1.54) is 0 Å². The molecule has 11 heteroatoms. The molecule has 1 aromatic carbocycles. The Morgan fingerprint density at radius 3 is 2.53 bits per heavy atom. The maximum Gasteiger partial charge on any atom is 0.268 e. The Morgan fingerprint density at radius 2 is 1.88 bits per heavy atom. The molecule has 8 nitrogen and oxygen atoms in total. The molecule has 43 heavy (non-hydrogen) atoms. The van der Waals surface area contributed by atoms with Crippen LogP contribution in [0.2, 0.25) is 18.1 Å². The van der Waals surface area contributed by atoms with Crippen molar-refractivity contribution in [1.29, 1.82) is 0 Å². The number of carbonyl (C=O) groups is 2. The molecule has 2 aliphatic heterocycles. The third-order valence-corrected chi connectivity index (χ3v) is 16.5. The average Bonchev–Trinajstić information content (AvgIpc) is 3.34. The molecular formula is C32H36IN3O5SSi. The number of carbonyl (C=O) groups excluding carboxylic acids is 2. The fraction of sp³-hybridized carbons (Fsp3) is 0.406. The zero-order valence-corrected chi connectivity index (χ0v) is 29.2. The van der Waals surface area contributed by atoms with Crippen LogP contribution in [0.1, 0.15) is 54.4 Å². The molecule has 0 amide bonds. The lowest BCUT2D eigenvalue weighted by molar-refractivity contribution is -0.110. The molecule has 2 atom stereocenters. The first kappa shape index (κ1) is 30.4. The Labute approximate surface area is 267 Å². The highest BCUT2D eigenvalue weighted by molar-refractivity contribution is 14.1. The molecule has 3 heterocycles. The highest BCUT2D eigenvalue weighted by Gasteiger charge is 2.51. The van der Waals surface area contributed by atoms with Crippen molar-refractivity contribution in [3.63, 3.8) is 0 Å². The van der Waals surface area contributed by atoms with Crippen molar-refractivity contribution in [1.82, 2.24) is 9.29 Å². The summed E-state index contributed by atoms with van der Waals surface area (Å²) in [5, 5.41) is 3.48. The standard InChI is InChI=1S/C32H36IN3O5SSi/c1-19-7-9-22(10-8-19)42(39,40)36-17-20-12-14-34-27-25(20)29(36)30(38)28-26(27)32(13-11-24(37)23(33)16-32)15-21(35-28)18-41-43(5,6)31(2,3)4/h7-11,13,16-17,21,35H,12,14-15,18H2,1-6H3/t21-,32?/m0/s1. The molecule has 1 N–H and O–H groups in total. The lowest BCUT2D eigenvalue weighted by Crippen LogP contribution is -2.52. The summed E-state index contributed by atoms with van der Waals surface area (Å²) in [5.41, 5.74) is 3.29. The third kappa shape index (κ3) is 4.86. The number of nitrogens with one attached hydrogen (secondary N) is 1. The SMILES string of the molecule is Cc1ccc(S(=O)(=O)n2cc3c4c2C(=O)C2=C(C4=NCC3)C3(C=CC(=O)C(I)=C3)C[C@@H](CO[Si](C)(C)C(C)(C)C)N2)cc1. The predicted molar refractivity (Wildman–Crippen MR) is 178 cm³/mol. The van der Waals surface area contributed by atoms with Gasteiger partial charge in [-0.1, -0.05) is 50.6 Å². The topological polar surface area (TPSA) is 107 Å². The van der Waals surface area contributed by atoms with Crippen LogP contribution in [0.5, 0.6) is 0 Å². The lowest BCUT2D eigenvalue weighted by Gasteiger charge is -2.45. The molecule has 2 aromatic rings. The number of halogens is 1. The highest BCUT2D eigenvalue weighted by Crippen LogP contribution is 2.50. The number of Topliss-reactive ketones (excluding diaryl/α,β-unsaturated/α-hetero) is 1. The predicted octanol–water partition coefficient (Wildman–Crippen LogP) is 5.66. The number of benzene rings is 1. The van der Waals surface area contributed by atoms with Crippen molar-refractivity contribution >= 4 is 58.2 Å². The van der Waals surface area contributed by atoms with Crippen molar-refractivity contribution in [3.05, 3.63) is 85.9 Å². The number of hydrogen-bond acceptors (Lipinski definition) is 7. The molecule has 0 saturated carbocycles. The Morgan fingerprint density at radius 1 is 1.19 bits per heavy atom. The fourth-order valence-corrected chi connectivity index (χ4v) is 9.22. The molecule has 1 spiro atoms. The van der Waals surface area contributed by atoms with Gasteiger partial charge in [0, 0.05) is 35.3 Å². The summed E-state index contributed by atoms with van der Waals surface area (Å²) in [6, 6.07) is 6.39. The maximum atomic E-state index is 14.6. The summed E-state index contributed by atoms with van der Waals surface area (Å²) in [5.74, 6) is -0.469. The maximum absolute atomic E-state index is 14.6. The first-order valence-electron chi connectivity index (χ1n) is 14.5. The van der Waals surface area contributed by atoms with Gasteiger partial charge in [-0.2, -0.15) is 0 Å². The molecule has 226 valence electrons. The quantitative estimate of drug-likeness (QED) is 0.315. The summed E-state index contributed by atoms with van der Waals surface area (Å²) in [7, 11) is -6.18. The van der Waals surface area contributed by atoms with Gasteiger partial charge in [0.05, 0.1) is 26.5 Å². The number of nitrogens with zero attached hydrogens (tertiary/aromatic N) is 2. The highest BCUT2D eigenvalue weighted by atomic mass is 127. The van der Waals surface area contributed by atoms with E-state index in [2.05, 4.69) is 61.8 Å². The van der Waals surface area contributed by atoms with Crippen LogP contribution >= 0.6 is 22.6 Å². The van der Waals surface area contributed by atoms with Gasteiger partial charge in [0.15, 0.2) is 14.1 Å². The average molecular weight is 730 g/mol. The molecule has 0 radical (unpaired) electrons. The van der Waals surface area contributed by atoms with Crippen molar-refractivity contribution in [2.24, 2.45) is 10.4 Å². The Kier molecular flexibility index (Phi) is 7.22. The van der Waals surface area contributed by atoms with Gasteiger partial charge in [-0.3, -0.25) is 14.6 Å². The molecule has 0 saturated heterocycles. The fourth-order valence-electron chi connectivity index (χ4n) is 6.05. The molecule has 1 aromatic heterocycles. The number of ketones is 2. The second-order valence-electron chi connectivity index (χ2n) is 13.4. The Balaban J connectivity index is 1.51. The number of fused-ring (bicyclic) bond motifs is 2. The van der Waals surface area contributed by atoms with Crippen LogP contribution in [0.25, 0.3) is 0 Å². The number of aryl methyl sites for hydroxylation is 1. The minimum atomic E-state index is -4.06. The van der Waals surface area contributed by atoms with Gasteiger partial charge in [0.25, 0.3) is 10.0 Å². The third-order valence-electron chi connectivity index (χ3n) is 9.45. The monoisotopic (exact) mass is 729 g/mol. The Bertz CT molecular complexity index is 1810. The summed E-state index contributed by atoms with van der Waals surface area (Å²) >= 11 is 2.06. The number of aromatic nitrogens is 1. The van der Waals surface area contributed by atoms with Gasteiger partial charge in [0.1, 0.15) is 5.69 Å². The van der Waals surface area contributed by atoms with Crippen LogP contribution in [0.3, 0.4) is 0 Å². The van der Waals surface area contributed by atoms with E-state index in [9.17, 15) is 18.0 Å². The van der Waals surface area contributed by atoms with E-state index in [4.69, 9.17) is 9.42 Å². The zero-order valence-electron chi connectivity index (χ0n) is 25.2. The summed E-state index contributed by atoms with van der Waals surface area (Å²) in [6.45, 7) is 13.7. The Hall–Kier alpha value is -2.61. The molecule has 1 unspecified atom stereocenters. The molecule has 4 aliphatic rings. The first-order valence-corrected chi connectivity index (χ1v) is 19.9. The van der Waals surface area contributed by atoms with Gasteiger partial charge in [-0.05, 0) is 84.3 Å². The normalized spacial score (nSPS) is 23.6. The van der Waals surface area contributed by atoms with Crippen molar-refractivity contribution < 1.29 is 22.4 Å². The van der Waals surface area contributed by atoms with Crippen LogP contribution in [0.4, 0.5) is 0 Å². The van der Waals surface area contributed by atoms with E-state index >= 15 is 0 Å². The van der Waals surface area contributed by atoms with Crippen LogP contribution in [-0.4, -0.2) is 57.2 Å². The van der Waals surface area contributed by atoms with Crippen LogP contribution in [0, 0.1) is 12.3 Å². The van der Waals surface area contributed by atoms with E-state index < -0.39 is 29.5 Å². The minimum absolute atomic E-state index is 0.00415. The van der Waals surface area contributed by atoms with Gasteiger partial charge in [-0.15, -0.1) is 0 Å².